The monoisotopic (exact) mass is 920 g/mol. The van der Waals surface area contributed by atoms with Crippen molar-refractivity contribution in [1.82, 2.24) is 5.32 Å². The molecule has 0 aromatic carbocycles. The summed E-state index contributed by atoms with van der Waals surface area (Å²) >= 11 is 0. The average Bonchev–Trinajstić information content (AvgIpc) is 3.29. The summed E-state index contributed by atoms with van der Waals surface area (Å²) in [4.78, 5) is 13.2. The highest BCUT2D eigenvalue weighted by atomic mass is 16.7. The van der Waals surface area contributed by atoms with Crippen molar-refractivity contribution in [3.05, 3.63) is 0 Å². The van der Waals surface area contributed by atoms with E-state index < -0.39 is 86.8 Å². The van der Waals surface area contributed by atoms with Gasteiger partial charge in [-0.15, -0.1) is 0 Å². The number of amides is 1. The van der Waals surface area contributed by atoms with Crippen molar-refractivity contribution in [2.75, 3.05) is 19.8 Å². The van der Waals surface area contributed by atoms with Gasteiger partial charge in [0.2, 0.25) is 5.91 Å². The minimum Gasteiger partial charge on any atom is -0.394 e. The number of hydrogen-bond acceptors (Lipinski definition) is 13. The molecule has 2 aliphatic heterocycles. The van der Waals surface area contributed by atoms with Crippen LogP contribution in [0.15, 0.2) is 0 Å². The summed E-state index contributed by atoms with van der Waals surface area (Å²) in [5.74, 6) is -0.204. The Labute approximate surface area is 387 Å². The van der Waals surface area contributed by atoms with Gasteiger partial charge in [0.15, 0.2) is 12.6 Å². The molecule has 2 heterocycles. The van der Waals surface area contributed by atoms with E-state index in [0.29, 0.717) is 12.8 Å². The van der Waals surface area contributed by atoms with E-state index in [1.807, 2.05) is 0 Å². The molecule has 0 saturated carbocycles. The topological polar surface area (TPSA) is 228 Å². The molecule has 0 aliphatic carbocycles. The summed E-state index contributed by atoms with van der Waals surface area (Å²) in [6.45, 7) is 2.87. The van der Waals surface area contributed by atoms with Crippen LogP contribution in [0.25, 0.3) is 0 Å². The number of aliphatic hydroxyl groups is 8. The second-order valence-corrected chi connectivity index (χ2v) is 19.0. The minimum atomic E-state index is -1.78. The van der Waals surface area contributed by atoms with E-state index in [0.717, 1.165) is 51.4 Å². The van der Waals surface area contributed by atoms with Crippen LogP contribution >= 0.6 is 0 Å². The maximum atomic E-state index is 13.2. The van der Waals surface area contributed by atoms with Crippen LogP contribution < -0.4 is 5.32 Å². The highest BCUT2D eigenvalue weighted by Crippen LogP contribution is 2.30. The van der Waals surface area contributed by atoms with E-state index in [1.54, 1.807) is 0 Å². The van der Waals surface area contributed by atoms with E-state index in [1.165, 1.54) is 141 Å². The van der Waals surface area contributed by atoms with E-state index in [-0.39, 0.29) is 12.5 Å². The molecular formula is C50H97NO13. The van der Waals surface area contributed by atoms with Gasteiger partial charge in [-0.3, -0.25) is 4.79 Å². The first-order valence-corrected chi connectivity index (χ1v) is 26.3. The Balaban J connectivity index is 1.82. The smallest absolute Gasteiger partial charge is 0.220 e. The fourth-order valence-electron chi connectivity index (χ4n) is 9.00. The first-order valence-electron chi connectivity index (χ1n) is 26.3. The lowest BCUT2D eigenvalue weighted by molar-refractivity contribution is -0.359. The summed E-state index contributed by atoms with van der Waals surface area (Å²) in [7, 11) is 0. The molecule has 4 unspecified atom stereocenters. The van der Waals surface area contributed by atoms with Crippen molar-refractivity contribution in [1.29, 1.82) is 0 Å². The van der Waals surface area contributed by atoms with Crippen LogP contribution in [0.2, 0.25) is 0 Å². The van der Waals surface area contributed by atoms with Crippen molar-refractivity contribution in [3.8, 4) is 0 Å². The average molecular weight is 920 g/mol. The van der Waals surface area contributed by atoms with Gasteiger partial charge in [-0.2, -0.15) is 0 Å². The van der Waals surface area contributed by atoms with Gasteiger partial charge in [0.05, 0.1) is 32.0 Å². The third-order valence-electron chi connectivity index (χ3n) is 13.3. The second-order valence-electron chi connectivity index (χ2n) is 19.0. The van der Waals surface area contributed by atoms with Crippen LogP contribution in [0.3, 0.4) is 0 Å². The van der Waals surface area contributed by atoms with Gasteiger partial charge in [0, 0.05) is 6.42 Å². The van der Waals surface area contributed by atoms with Crippen LogP contribution in [0, 0.1) is 0 Å². The van der Waals surface area contributed by atoms with Crippen molar-refractivity contribution in [2.24, 2.45) is 0 Å². The van der Waals surface area contributed by atoms with E-state index >= 15 is 0 Å². The van der Waals surface area contributed by atoms with Gasteiger partial charge in [-0.25, -0.2) is 0 Å². The molecular weight excluding hydrogens is 823 g/mol. The number of ether oxygens (including phenoxy) is 4. The normalized spacial score (nSPS) is 27.2. The van der Waals surface area contributed by atoms with Crippen molar-refractivity contribution >= 4 is 5.91 Å². The zero-order valence-corrected chi connectivity index (χ0v) is 40.3. The maximum absolute atomic E-state index is 13.2. The summed E-state index contributed by atoms with van der Waals surface area (Å²) in [6.07, 6.45) is 21.0. The number of nitrogens with one attached hydrogen (secondary N) is 1. The van der Waals surface area contributed by atoms with Crippen LogP contribution in [0.5, 0.6) is 0 Å². The summed E-state index contributed by atoms with van der Waals surface area (Å²) in [6, 6.07) is -0.820. The molecule has 0 aromatic rings. The van der Waals surface area contributed by atoms with Crippen LogP contribution in [-0.4, -0.2) is 140 Å². The summed E-state index contributed by atoms with van der Waals surface area (Å²) < 4.78 is 22.8. The molecule has 2 saturated heterocycles. The van der Waals surface area contributed by atoms with Gasteiger partial charge in [-0.1, -0.05) is 200 Å². The molecule has 14 nitrogen and oxygen atoms in total. The molecule has 0 aromatic heterocycles. The predicted octanol–water partition coefficient (Wildman–Crippen LogP) is 7.00. The Morgan fingerprint density at radius 3 is 1.33 bits per heavy atom. The van der Waals surface area contributed by atoms with Crippen molar-refractivity contribution < 1.29 is 64.6 Å². The largest absolute Gasteiger partial charge is 0.394 e. The molecule has 2 fully saturated rings. The highest BCUT2D eigenvalue weighted by Gasteiger charge is 2.51. The van der Waals surface area contributed by atoms with E-state index in [2.05, 4.69) is 19.2 Å². The van der Waals surface area contributed by atoms with E-state index in [9.17, 15) is 45.6 Å². The van der Waals surface area contributed by atoms with Gasteiger partial charge >= 0.3 is 0 Å². The Kier molecular flexibility index (Phi) is 35.0. The summed E-state index contributed by atoms with van der Waals surface area (Å²) in [5.41, 5.74) is 0. The molecule has 0 spiro atoms. The van der Waals surface area contributed by atoms with Crippen LogP contribution in [-0.2, 0) is 23.7 Å². The van der Waals surface area contributed by atoms with E-state index in [4.69, 9.17) is 18.9 Å². The standard InChI is InChI=1S/C50H97NO13/c1-3-5-7-9-11-13-15-17-19-21-23-25-27-29-31-33-39(54)38(51-42(55)34-32-30-28-26-24-22-20-18-16-14-12-10-8-6-4-2)37-61-49-47(60)45(58)48(41(36-53)63-49)64-50-46(59)44(57)43(56)40(35-52)62-50/h38-41,43-50,52-54,56-60H,3-37H2,1-2H3,(H,51,55)/t38-,39+,40+,41+,43-,44?,45?,46?,47?,48+,49+,50-/m0/s1. The first-order chi connectivity index (χ1) is 31.1. The predicted molar refractivity (Wildman–Crippen MR) is 249 cm³/mol. The number of carbonyl (C=O) groups is 1. The van der Waals surface area contributed by atoms with Gasteiger partial charge < -0.3 is 65.1 Å². The summed E-state index contributed by atoms with van der Waals surface area (Å²) in [5, 5.41) is 86.9. The number of aliphatic hydroxyl groups excluding tert-OH is 8. The fraction of sp³-hybridized carbons (Fsp3) is 0.980. The number of rotatable bonds is 41. The first kappa shape index (κ1) is 59.1. The number of carbonyl (C=O) groups excluding carboxylic acids is 1. The van der Waals surface area contributed by atoms with Gasteiger partial charge in [0.25, 0.3) is 0 Å². The molecule has 1 amide bonds. The lowest BCUT2D eigenvalue weighted by Crippen LogP contribution is -2.65. The number of unbranched alkanes of at least 4 members (excludes halogenated alkanes) is 28. The lowest BCUT2D eigenvalue weighted by Gasteiger charge is -2.46. The third kappa shape index (κ3) is 24.8. The quantitative estimate of drug-likeness (QED) is 0.0282. The zero-order chi connectivity index (χ0) is 46.8. The van der Waals surface area contributed by atoms with Crippen LogP contribution in [0.4, 0.5) is 0 Å². The van der Waals surface area contributed by atoms with Crippen LogP contribution in [0.1, 0.15) is 219 Å². The maximum Gasteiger partial charge on any atom is 0.220 e. The lowest BCUT2D eigenvalue weighted by atomic mass is 9.97. The second kappa shape index (κ2) is 37.9. The molecule has 9 N–H and O–H groups in total. The molecule has 380 valence electrons. The Bertz CT molecular complexity index is 1090. The molecule has 2 rings (SSSR count). The SMILES string of the molecule is CCCCCCCCCCCCCCCCCC(=O)N[C@@H](CO[C@@H]1O[C@H](CO)[C@@H](O[C@@H]2O[C@H](CO)[C@H](O)C(O)C2O)C(O)C1O)[C@H](O)CCCCCCCCCCCCCCCCC. The molecule has 0 bridgehead atoms. The minimum absolute atomic E-state index is 0.204. The third-order valence-corrected chi connectivity index (χ3v) is 13.3. The zero-order valence-electron chi connectivity index (χ0n) is 40.3. The highest BCUT2D eigenvalue weighted by molar-refractivity contribution is 5.76. The van der Waals surface area contributed by atoms with Crippen molar-refractivity contribution in [3.63, 3.8) is 0 Å². The molecule has 12 atom stereocenters. The molecule has 2 aliphatic rings. The Hall–Kier alpha value is -1.01. The van der Waals surface area contributed by atoms with Gasteiger partial charge in [-0.05, 0) is 12.8 Å². The van der Waals surface area contributed by atoms with Crippen molar-refractivity contribution in [2.45, 2.75) is 293 Å². The van der Waals surface area contributed by atoms with Gasteiger partial charge in [0.1, 0.15) is 48.8 Å². The molecule has 14 heteroatoms. The fourth-order valence-corrected chi connectivity index (χ4v) is 9.00. The Morgan fingerprint density at radius 1 is 0.500 bits per heavy atom. The molecule has 0 radical (unpaired) electrons. The Morgan fingerprint density at radius 2 is 0.891 bits per heavy atom. The number of hydrogen-bond donors (Lipinski definition) is 9. The molecule has 64 heavy (non-hydrogen) atoms.